The summed E-state index contributed by atoms with van der Waals surface area (Å²) in [7, 11) is 1.60. The molecule has 1 saturated carbocycles. The lowest BCUT2D eigenvalue weighted by atomic mass is 9.94. The van der Waals surface area contributed by atoms with E-state index in [0.717, 1.165) is 36.1 Å². The molecule has 186 valence electrons. The molecule has 1 aliphatic rings. The van der Waals surface area contributed by atoms with E-state index in [9.17, 15) is 9.59 Å². The van der Waals surface area contributed by atoms with Crippen LogP contribution in [-0.2, 0) is 16.0 Å². The standard InChI is InChI=1S/C29H36N2O3S/c1-5-11-24(18-21(2)3)31(27(32)20-26-16-10-17-35-26)28(22-12-9-15-25(19-22)34-4)29(33)30-23-13-7-6-8-14-23/h5,9-12,15-19,23,28H,2,6-8,13-14,20H2,1,3-4H3,(H,30,33). The second kappa shape index (κ2) is 13.1. The number of rotatable bonds is 10. The Balaban J connectivity index is 2.11. The Morgan fingerprint density at radius 3 is 2.63 bits per heavy atom. The summed E-state index contributed by atoms with van der Waals surface area (Å²) in [6, 6.07) is 10.6. The van der Waals surface area contributed by atoms with E-state index in [1.807, 2.05) is 73.9 Å². The fourth-order valence-electron chi connectivity index (χ4n) is 4.46. The Kier molecular flexibility index (Phi) is 9.91. The lowest BCUT2D eigenvalue weighted by Crippen LogP contribution is -2.47. The van der Waals surface area contributed by atoms with Gasteiger partial charge in [0, 0.05) is 16.6 Å². The van der Waals surface area contributed by atoms with Crippen LogP contribution in [0.4, 0.5) is 0 Å². The minimum absolute atomic E-state index is 0.119. The number of thiophene rings is 1. The molecular weight excluding hydrogens is 456 g/mol. The van der Waals surface area contributed by atoms with E-state index < -0.39 is 6.04 Å². The van der Waals surface area contributed by atoms with E-state index in [2.05, 4.69) is 11.9 Å². The quantitative estimate of drug-likeness (QED) is 0.393. The van der Waals surface area contributed by atoms with E-state index in [1.165, 1.54) is 17.8 Å². The second-order valence-corrected chi connectivity index (χ2v) is 9.99. The van der Waals surface area contributed by atoms with Crippen LogP contribution in [-0.4, -0.2) is 29.9 Å². The van der Waals surface area contributed by atoms with Gasteiger partial charge in [0.15, 0.2) is 0 Å². The third-order valence-electron chi connectivity index (χ3n) is 6.05. The van der Waals surface area contributed by atoms with Crippen molar-refractivity contribution >= 4 is 23.2 Å². The second-order valence-electron chi connectivity index (χ2n) is 8.96. The first-order chi connectivity index (χ1) is 16.9. The molecule has 1 aromatic heterocycles. The normalized spacial score (nSPS) is 15.6. The van der Waals surface area contributed by atoms with Crippen molar-refractivity contribution in [2.24, 2.45) is 0 Å². The van der Waals surface area contributed by atoms with Gasteiger partial charge in [-0.3, -0.25) is 14.5 Å². The number of nitrogens with zero attached hydrogens (tertiary/aromatic N) is 1. The Morgan fingerprint density at radius 2 is 2.00 bits per heavy atom. The molecule has 1 unspecified atom stereocenters. The predicted molar refractivity (Wildman–Crippen MR) is 143 cm³/mol. The maximum Gasteiger partial charge on any atom is 0.248 e. The van der Waals surface area contributed by atoms with E-state index in [-0.39, 0.29) is 24.3 Å². The van der Waals surface area contributed by atoms with Crippen LogP contribution in [0.3, 0.4) is 0 Å². The van der Waals surface area contributed by atoms with E-state index in [0.29, 0.717) is 17.0 Å². The highest BCUT2D eigenvalue weighted by Crippen LogP contribution is 2.31. The zero-order valence-corrected chi connectivity index (χ0v) is 21.8. The van der Waals surface area contributed by atoms with Crippen LogP contribution in [0.2, 0.25) is 0 Å². The van der Waals surface area contributed by atoms with Crippen LogP contribution in [0.15, 0.2) is 77.9 Å². The smallest absolute Gasteiger partial charge is 0.248 e. The Labute approximate surface area is 213 Å². The maximum absolute atomic E-state index is 13.9. The zero-order chi connectivity index (χ0) is 25.2. The van der Waals surface area contributed by atoms with Crippen molar-refractivity contribution in [1.29, 1.82) is 0 Å². The fraction of sp³-hybridized carbons (Fsp3) is 0.379. The first-order valence-corrected chi connectivity index (χ1v) is 13.1. The van der Waals surface area contributed by atoms with Gasteiger partial charge in [0.1, 0.15) is 11.8 Å². The summed E-state index contributed by atoms with van der Waals surface area (Å²) in [5.74, 6) is 0.312. The van der Waals surface area contributed by atoms with Crippen molar-refractivity contribution in [2.45, 2.75) is 64.5 Å². The average Bonchev–Trinajstić information content (AvgIpc) is 3.35. The number of ether oxygens (including phenoxy) is 1. The van der Waals surface area contributed by atoms with Gasteiger partial charge < -0.3 is 10.1 Å². The van der Waals surface area contributed by atoms with E-state index in [4.69, 9.17) is 4.74 Å². The minimum Gasteiger partial charge on any atom is -0.497 e. The van der Waals surface area contributed by atoms with Crippen LogP contribution < -0.4 is 10.1 Å². The molecule has 1 aromatic carbocycles. The number of benzene rings is 1. The molecule has 3 rings (SSSR count). The molecule has 1 aliphatic carbocycles. The number of amides is 2. The largest absolute Gasteiger partial charge is 0.497 e. The van der Waals surface area contributed by atoms with Gasteiger partial charge in [-0.05, 0) is 68.0 Å². The van der Waals surface area contributed by atoms with Gasteiger partial charge in [-0.1, -0.05) is 55.7 Å². The van der Waals surface area contributed by atoms with Crippen molar-refractivity contribution < 1.29 is 14.3 Å². The minimum atomic E-state index is -0.846. The van der Waals surface area contributed by atoms with Crippen LogP contribution >= 0.6 is 11.3 Å². The predicted octanol–water partition coefficient (Wildman–Crippen LogP) is 6.35. The number of hydrogen-bond donors (Lipinski definition) is 1. The van der Waals surface area contributed by atoms with Crippen molar-refractivity contribution in [1.82, 2.24) is 10.2 Å². The van der Waals surface area contributed by atoms with Crippen LogP contribution in [0, 0.1) is 0 Å². The average molecular weight is 493 g/mol. The molecule has 1 N–H and O–H groups in total. The van der Waals surface area contributed by atoms with Gasteiger partial charge in [0.05, 0.1) is 13.5 Å². The third kappa shape index (κ3) is 7.43. The third-order valence-corrected chi connectivity index (χ3v) is 6.93. The molecule has 2 amide bonds. The molecule has 1 atom stereocenters. The SMILES string of the molecule is C=C(C)C=C(C=CC)N(C(=O)Cc1cccs1)C(C(=O)NC1CCCCC1)c1cccc(OC)c1. The van der Waals surface area contributed by atoms with Crippen LogP contribution in [0.25, 0.3) is 0 Å². The number of methoxy groups -OCH3 is 1. The molecule has 6 heteroatoms. The fourth-order valence-corrected chi connectivity index (χ4v) is 5.16. The molecule has 0 saturated heterocycles. The Hall–Kier alpha value is -3.12. The van der Waals surface area contributed by atoms with Gasteiger partial charge in [-0.25, -0.2) is 0 Å². The molecule has 35 heavy (non-hydrogen) atoms. The molecule has 2 aromatic rings. The van der Waals surface area contributed by atoms with E-state index in [1.54, 1.807) is 12.0 Å². The summed E-state index contributed by atoms with van der Waals surface area (Å²) < 4.78 is 5.46. The summed E-state index contributed by atoms with van der Waals surface area (Å²) in [6.07, 6.45) is 11.1. The lowest BCUT2D eigenvalue weighted by Gasteiger charge is -2.34. The summed E-state index contributed by atoms with van der Waals surface area (Å²) in [4.78, 5) is 30.4. The summed E-state index contributed by atoms with van der Waals surface area (Å²) in [5, 5.41) is 5.21. The molecule has 1 heterocycles. The molecule has 5 nitrogen and oxygen atoms in total. The van der Waals surface area contributed by atoms with Crippen molar-refractivity contribution in [3.05, 3.63) is 88.3 Å². The van der Waals surface area contributed by atoms with E-state index >= 15 is 0 Å². The lowest BCUT2D eigenvalue weighted by molar-refractivity contribution is -0.138. The van der Waals surface area contributed by atoms with Gasteiger partial charge >= 0.3 is 0 Å². The summed E-state index contributed by atoms with van der Waals surface area (Å²) in [6.45, 7) is 7.81. The number of hydrogen-bond acceptors (Lipinski definition) is 4. The summed E-state index contributed by atoms with van der Waals surface area (Å²) >= 11 is 1.54. The van der Waals surface area contributed by atoms with Gasteiger partial charge in [-0.15, -0.1) is 11.3 Å². The number of carbonyl (C=O) groups excluding carboxylic acids is 2. The molecule has 0 spiro atoms. The highest BCUT2D eigenvalue weighted by Gasteiger charge is 2.34. The van der Waals surface area contributed by atoms with Crippen molar-refractivity contribution in [2.75, 3.05) is 7.11 Å². The molecular formula is C29H36N2O3S. The molecule has 0 bridgehead atoms. The first kappa shape index (κ1) is 26.5. The van der Waals surface area contributed by atoms with Crippen molar-refractivity contribution in [3.8, 4) is 5.75 Å². The summed E-state index contributed by atoms with van der Waals surface area (Å²) in [5.41, 5.74) is 2.13. The number of allylic oxidation sites excluding steroid dienone is 4. The highest BCUT2D eigenvalue weighted by atomic mass is 32.1. The topological polar surface area (TPSA) is 58.6 Å². The number of nitrogens with one attached hydrogen (secondary N) is 1. The van der Waals surface area contributed by atoms with Gasteiger partial charge in [0.2, 0.25) is 11.8 Å². The van der Waals surface area contributed by atoms with Crippen molar-refractivity contribution in [3.63, 3.8) is 0 Å². The maximum atomic E-state index is 13.9. The first-order valence-electron chi connectivity index (χ1n) is 12.2. The van der Waals surface area contributed by atoms with Gasteiger partial charge in [-0.2, -0.15) is 0 Å². The zero-order valence-electron chi connectivity index (χ0n) is 21.0. The molecule has 0 aliphatic heterocycles. The Bertz CT molecular complexity index is 1070. The van der Waals surface area contributed by atoms with Crippen LogP contribution in [0.1, 0.15) is 62.4 Å². The van der Waals surface area contributed by atoms with Gasteiger partial charge in [0.25, 0.3) is 0 Å². The highest BCUT2D eigenvalue weighted by molar-refractivity contribution is 7.10. The monoisotopic (exact) mass is 492 g/mol. The van der Waals surface area contributed by atoms with Crippen LogP contribution in [0.5, 0.6) is 5.75 Å². The molecule has 0 radical (unpaired) electrons. The molecule has 1 fully saturated rings. The number of carbonyl (C=O) groups is 2. The Morgan fingerprint density at radius 1 is 1.23 bits per heavy atom.